The summed E-state index contributed by atoms with van der Waals surface area (Å²) in [5.41, 5.74) is 5.97. The second-order valence-corrected chi connectivity index (χ2v) is 3.61. The topological polar surface area (TPSA) is 81.8 Å². The lowest BCUT2D eigenvalue weighted by Crippen LogP contribution is -2.31. The molecule has 1 aromatic carbocycles. The molecule has 0 aliphatic carbocycles. The Morgan fingerprint density at radius 3 is 2.78 bits per heavy atom. The van der Waals surface area contributed by atoms with E-state index in [9.17, 15) is 14.3 Å². The van der Waals surface area contributed by atoms with Crippen LogP contribution in [0.2, 0.25) is 0 Å². The van der Waals surface area contributed by atoms with Gasteiger partial charge in [-0.25, -0.2) is 9.18 Å². The highest BCUT2D eigenvalue weighted by Crippen LogP contribution is 2.29. The molecule has 100 valence electrons. The van der Waals surface area contributed by atoms with Gasteiger partial charge in [0.1, 0.15) is 0 Å². The zero-order valence-electron chi connectivity index (χ0n) is 10.2. The van der Waals surface area contributed by atoms with Gasteiger partial charge in [-0.1, -0.05) is 6.07 Å². The number of aromatic hydroxyl groups is 1. The lowest BCUT2D eigenvalue weighted by Gasteiger charge is -2.16. The van der Waals surface area contributed by atoms with Crippen molar-refractivity contribution in [3.63, 3.8) is 0 Å². The zero-order chi connectivity index (χ0) is 13.7. The normalized spacial score (nSPS) is 13.8. The largest absolute Gasteiger partial charge is 0.504 e. The quantitative estimate of drug-likeness (QED) is 0.777. The first-order valence-electron chi connectivity index (χ1n) is 5.44. The van der Waals surface area contributed by atoms with Crippen LogP contribution in [0, 0.1) is 0 Å². The van der Waals surface area contributed by atoms with Crippen LogP contribution in [0.4, 0.5) is 4.39 Å². The van der Waals surface area contributed by atoms with Gasteiger partial charge < -0.3 is 20.3 Å². The number of carbonyl (C=O) groups excluding carboxylic acids is 1. The van der Waals surface area contributed by atoms with Crippen LogP contribution in [-0.4, -0.2) is 31.0 Å². The number of hydrogen-bond acceptors (Lipinski definition) is 5. The molecule has 0 amide bonds. The number of hydrogen-bond donors (Lipinski definition) is 2. The van der Waals surface area contributed by atoms with Gasteiger partial charge in [-0.05, 0) is 24.6 Å². The molecule has 0 radical (unpaired) electrons. The summed E-state index contributed by atoms with van der Waals surface area (Å²) >= 11 is 0. The summed E-state index contributed by atoms with van der Waals surface area (Å²) in [7, 11) is 1.36. The number of alkyl halides is 1. The standard InChI is InChI=1S/C12H16FNO4/c1-3-18-12(16)10(13)11(14)7-4-5-8(15)9(6-7)17-2/h4-6,10-11,15H,3,14H2,1-2H3/t10?,11-/m0/s1. The summed E-state index contributed by atoms with van der Waals surface area (Å²) in [5, 5.41) is 9.40. The summed E-state index contributed by atoms with van der Waals surface area (Å²) in [6.07, 6.45) is -1.96. The van der Waals surface area contributed by atoms with Gasteiger partial charge in [0.05, 0.1) is 19.8 Å². The predicted molar refractivity (Wildman–Crippen MR) is 63.1 cm³/mol. The number of phenols is 1. The third kappa shape index (κ3) is 3.10. The van der Waals surface area contributed by atoms with Crippen LogP contribution < -0.4 is 10.5 Å². The smallest absolute Gasteiger partial charge is 0.342 e. The van der Waals surface area contributed by atoms with Crippen LogP contribution in [0.25, 0.3) is 0 Å². The highest BCUT2D eigenvalue weighted by molar-refractivity contribution is 5.75. The van der Waals surface area contributed by atoms with Gasteiger partial charge in [-0.2, -0.15) is 0 Å². The van der Waals surface area contributed by atoms with Gasteiger partial charge in [0.25, 0.3) is 0 Å². The van der Waals surface area contributed by atoms with Crippen molar-refractivity contribution in [2.24, 2.45) is 5.73 Å². The minimum absolute atomic E-state index is 0.0833. The lowest BCUT2D eigenvalue weighted by molar-refractivity contribution is -0.149. The molecule has 6 heteroatoms. The van der Waals surface area contributed by atoms with Crippen LogP contribution in [0.5, 0.6) is 11.5 Å². The molecule has 0 aliphatic rings. The molecule has 3 N–H and O–H groups in total. The Morgan fingerprint density at radius 2 is 2.22 bits per heavy atom. The molecule has 0 aromatic heterocycles. The van der Waals surface area contributed by atoms with E-state index in [0.29, 0.717) is 5.56 Å². The fourth-order valence-corrected chi connectivity index (χ4v) is 1.44. The van der Waals surface area contributed by atoms with E-state index >= 15 is 0 Å². The molecular weight excluding hydrogens is 241 g/mol. The molecule has 1 unspecified atom stereocenters. The summed E-state index contributed by atoms with van der Waals surface area (Å²) in [4.78, 5) is 11.2. The Labute approximate surface area is 104 Å². The van der Waals surface area contributed by atoms with E-state index in [4.69, 9.17) is 10.5 Å². The number of carbonyl (C=O) groups is 1. The van der Waals surface area contributed by atoms with Crippen LogP contribution in [-0.2, 0) is 9.53 Å². The lowest BCUT2D eigenvalue weighted by atomic mass is 10.0. The minimum atomic E-state index is -1.96. The monoisotopic (exact) mass is 257 g/mol. The predicted octanol–water partition coefficient (Wildman–Crippen LogP) is 1.30. The third-order valence-corrected chi connectivity index (χ3v) is 2.42. The maximum absolute atomic E-state index is 13.7. The van der Waals surface area contributed by atoms with E-state index in [0.717, 1.165) is 0 Å². The van der Waals surface area contributed by atoms with E-state index < -0.39 is 18.2 Å². The van der Waals surface area contributed by atoms with E-state index in [1.54, 1.807) is 6.92 Å². The highest BCUT2D eigenvalue weighted by Gasteiger charge is 2.28. The molecule has 0 saturated heterocycles. The SMILES string of the molecule is CCOC(=O)C(F)[C@@H](N)c1ccc(O)c(OC)c1. The number of halogens is 1. The molecule has 0 saturated carbocycles. The average Bonchev–Trinajstić information content (AvgIpc) is 2.38. The van der Waals surface area contributed by atoms with Gasteiger partial charge in [-0.15, -0.1) is 0 Å². The van der Waals surface area contributed by atoms with Crippen molar-refractivity contribution in [3.05, 3.63) is 23.8 Å². The molecule has 2 atom stereocenters. The van der Waals surface area contributed by atoms with Crippen LogP contribution >= 0.6 is 0 Å². The van der Waals surface area contributed by atoms with Gasteiger partial charge in [0, 0.05) is 0 Å². The highest BCUT2D eigenvalue weighted by atomic mass is 19.1. The minimum Gasteiger partial charge on any atom is -0.504 e. The van der Waals surface area contributed by atoms with E-state index in [1.807, 2.05) is 0 Å². The van der Waals surface area contributed by atoms with E-state index in [2.05, 4.69) is 4.74 Å². The molecule has 0 fully saturated rings. The number of rotatable bonds is 5. The second kappa shape index (κ2) is 6.20. The fourth-order valence-electron chi connectivity index (χ4n) is 1.44. The maximum atomic E-state index is 13.7. The molecule has 0 spiro atoms. The van der Waals surface area contributed by atoms with Gasteiger partial charge in [0.2, 0.25) is 6.17 Å². The Balaban J connectivity index is 2.89. The number of ether oxygens (including phenoxy) is 2. The van der Waals surface area contributed by atoms with Crippen LogP contribution in [0.3, 0.4) is 0 Å². The summed E-state index contributed by atoms with van der Waals surface area (Å²) < 4.78 is 23.1. The maximum Gasteiger partial charge on any atom is 0.342 e. The molecule has 5 nitrogen and oxygen atoms in total. The van der Waals surface area contributed by atoms with Gasteiger partial charge in [0.15, 0.2) is 11.5 Å². The van der Waals surface area contributed by atoms with Crippen molar-refractivity contribution in [1.29, 1.82) is 0 Å². The van der Waals surface area contributed by atoms with E-state index in [1.165, 1.54) is 25.3 Å². The number of esters is 1. The van der Waals surface area contributed by atoms with Crippen molar-refractivity contribution in [1.82, 2.24) is 0 Å². The molecule has 1 aromatic rings. The van der Waals surface area contributed by atoms with Crippen molar-refractivity contribution in [3.8, 4) is 11.5 Å². The first-order valence-corrected chi connectivity index (χ1v) is 5.44. The molecule has 0 aliphatic heterocycles. The van der Waals surface area contributed by atoms with E-state index in [-0.39, 0.29) is 18.1 Å². The fraction of sp³-hybridized carbons (Fsp3) is 0.417. The Bertz CT molecular complexity index is 425. The molecule has 18 heavy (non-hydrogen) atoms. The molecular formula is C12H16FNO4. The van der Waals surface area contributed by atoms with Gasteiger partial charge >= 0.3 is 5.97 Å². The third-order valence-electron chi connectivity index (χ3n) is 2.42. The molecule has 1 rings (SSSR count). The van der Waals surface area contributed by atoms with Crippen molar-refractivity contribution >= 4 is 5.97 Å². The molecule has 0 bridgehead atoms. The van der Waals surface area contributed by atoms with Crippen LogP contribution in [0.15, 0.2) is 18.2 Å². The first-order chi connectivity index (χ1) is 8.51. The summed E-state index contributed by atoms with van der Waals surface area (Å²) in [6.45, 7) is 1.67. The first kappa shape index (κ1) is 14.2. The number of nitrogens with two attached hydrogens (primary N) is 1. The summed E-state index contributed by atoms with van der Waals surface area (Å²) in [6, 6.07) is 2.96. The zero-order valence-corrected chi connectivity index (χ0v) is 10.2. The second-order valence-electron chi connectivity index (χ2n) is 3.61. The Kier molecular flexibility index (Phi) is 4.91. The Morgan fingerprint density at radius 1 is 1.56 bits per heavy atom. The van der Waals surface area contributed by atoms with Crippen LogP contribution in [0.1, 0.15) is 18.5 Å². The van der Waals surface area contributed by atoms with Crippen molar-refractivity contribution in [2.45, 2.75) is 19.1 Å². The number of benzene rings is 1. The number of methoxy groups -OCH3 is 1. The molecule has 0 heterocycles. The average molecular weight is 257 g/mol. The Hall–Kier alpha value is -1.82. The summed E-state index contributed by atoms with van der Waals surface area (Å²) in [5.74, 6) is -0.920. The van der Waals surface area contributed by atoms with Gasteiger partial charge in [-0.3, -0.25) is 0 Å². The van der Waals surface area contributed by atoms with Crippen molar-refractivity contribution in [2.75, 3.05) is 13.7 Å². The number of phenolic OH excluding ortho intramolecular Hbond substituents is 1. The van der Waals surface area contributed by atoms with Crippen molar-refractivity contribution < 1.29 is 23.8 Å².